The van der Waals surface area contributed by atoms with Gasteiger partial charge in [0.2, 0.25) is 0 Å². The molecule has 2 unspecified atom stereocenters. The Kier molecular flexibility index (Phi) is 1.27. The Bertz CT molecular complexity index is 302. The SMILES string of the molecule is COC(=O)C12CC3(C)CC1CC3(C)C2. The molecule has 4 aliphatic carbocycles. The Balaban J connectivity index is 2.06. The molecule has 4 fully saturated rings. The van der Waals surface area contributed by atoms with E-state index in [1.54, 1.807) is 0 Å². The van der Waals surface area contributed by atoms with E-state index < -0.39 is 0 Å². The molecule has 4 saturated carbocycles. The Morgan fingerprint density at radius 1 is 1.21 bits per heavy atom. The predicted molar refractivity (Wildman–Crippen MR) is 52.6 cm³/mol. The van der Waals surface area contributed by atoms with E-state index in [9.17, 15) is 4.79 Å². The summed E-state index contributed by atoms with van der Waals surface area (Å²) in [6.07, 6.45) is 4.65. The van der Waals surface area contributed by atoms with Crippen molar-refractivity contribution in [2.24, 2.45) is 22.2 Å². The van der Waals surface area contributed by atoms with Crippen molar-refractivity contribution in [2.75, 3.05) is 7.11 Å². The second kappa shape index (κ2) is 2.02. The maximum absolute atomic E-state index is 11.9. The Morgan fingerprint density at radius 2 is 1.71 bits per heavy atom. The van der Waals surface area contributed by atoms with Gasteiger partial charge in [-0.3, -0.25) is 4.79 Å². The van der Waals surface area contributed by atoms with E-state index in [-0.39, 0.29) is 11.4 Å². The second-order valence-electron chi connectivity index (χ2n) is 6.23. The fourth-order valence-electron chi connectivity index (χ4n) is 4.87. The minimum absolute atomic E-state index is 0.0625. The molecule has 0 amide bonds. The molecule has 4 rings (SSSR count). The molecule has 2 atom stereocenters. The summed E-state index contributed by atoms with van der Waals surface area (Å²) in [5.41, 5.74) is 0.760. The summed E-state index contributed by atoms with van der Waals surface area (Å²) in [5.74, 6) is 0.678. The summed E-state index contributed by atoms with van der Waals surface area (Å²) in [7, 11) is 1.53. The van der Waals surface area contributed by atoms with Gasteiger partial charge in [0, 0.05) is 0 Å². The first kappa shape index (κ1) is 8.75. The fraction of sp³-hybridized carbons (Fsp3) is 0.917. The molecule has 0 aromatic carbocycles. The molecule has 14 heavy (non-hydrogen) atoms. The molecule has 0 N–H and O–H groups in total. The van der Waals surface area contributed by atoms with Crippen LogP contribution in [0.4, 0.5) is 0 Å². The van der Waals surface area contributed by atoms with Crippen molar-refractivity contribution in [3.63, 3.8) is 0 Å². The van der Waals surface area contributed by atoms with E-state index in [1.165, 1.54) is 20.0 Å². The van der Waals surface area contributed by atoms with Crippen LogP contribution in [0.2, 0.25) is 0 Å². The van der Waals surface area contributed by atoms with Gasteiger partial charge in [-0.25, -0.2) is 0 Å². The largest absolute Gasteiger partial charge is 0.469 e. The van der Waals surface area contributed by atoms with E-state index in [4.69, 9.17) is 4.74 Å². The third-order valence-electron chi connectivity index (χ3n) is 5.64. The second-order valence-corrected chi connectivity index (χ2v) is 6.23. The smallest absolute Gasteiger partial charge is 0.312 e. The molecule has 0 aliphatic heterocycles. The van der Waals surface area contributed by atoms with Gasteiger partial charge in [0.1, 0.15) is 0 Å². The molecular weight excluding hydrogens is 176 g/mol. The summed E-state index contributed by atoms with van der Waals surface area (Å²) in [4.78, 5) is 11.9. The van der Waals surface area contributed by atoms with Crippen molar-refractivity contribution in [3.8, 4) is 0 Å². The highest BCUT2D eigenvalue weighted by molar-refractivity contribution is 5.79. The zero-order chi connectivity index (χ0) is 10.2. The Labute approximate surface area is 85.0 Å². The lowest BCUT2D eigenvalue weighted by atomic mass is 9.71. The van der Waals surface area contributed by atoms with Gasteiger partial charge in [-0.15, -0.1) is 0 Å². The van der Waals surface area contributed by atoms with Gasteiger partial charge in [-0.2, -0.15) is 0 Å². The number of rotatable bonds is 1. The van der Waals surface area contributed by atoms with Gasteiger partial charge < -0.3 is 4.74 Å². The van der Waals surface area contributed by atoms with E-state index in [1.807, 2.05) is 0 Å². The standard InChI is InChI=1S/C12H18O2/c1-10-4-8-5-11(10,2)7-12(8,6-10)9(13)14-3/h8H,4-7H2,1-3H3. The Morgan fingerprint density at radius 3 is 2.00 bits per heavy atom. The molecule has 4 bridgehead atoms. The van der Waals surface area contributed by atoms with Gasteiger partial charge >= 0.3 is 5.97 Å². The average molecular weight is 194 g/mol. The molecule has 2 nitrogen and oxygen atoms in total. The van der Waals surface area contributed by atoms with Gasteiger partial charge in [0.05, 0.1) is 12.5 Å². The van der Waals surface area contributed by atoms with Crippen LogP contribution < -0.4 is 0 Å². The zero-order valence-electron chi connectivity index (χ0n) is 9.22. The van der Waals surface area contributed by atoms with Crippen LogP contribution in [-0.4, -0.2) is 13.1 Å². The lowest BCUT2D eigenvalue weighted by Crippen LogP contribution is -2.31. The van der Waals surface area contributed by atoms with Gasteiger partial charge in [-0.05, 0) is 42.4 Å². The van der Waals surface area contributed by atoms with Crippen LogP contribution in [0, 0.1) is 22.2 Å². The number of hydrogen-bond acceptors (Lipinski definition) is 2. The maximum Gasteiger partial charge on any atom is 0.312 e. The van der Waals surface area contributed by atoms with Crippen LogP contribution in [0.3, 0.4) is 0 Å². The lowest BCUT2D eigenvalue weighted by molar-refractivity contribution is -0.153. The van der Waals surface area contributed by atoms with Gasteiger partial charge in [0.25, 0.3) is 0 Å². The minimum Gasteiger partial charge on any atom is -0.469 e. The van der Waals surface area contributed by atoms with Crippen molar-refractivity contribution in [3.05, 3.63) is 0 Å². The number of hydrogen-bond donors (Lipinski definition) is 0. The minimum atomic E-state index is -0.0851. The van der Waals surface area contributed by atoms with Crippen LogP contribution >= 0.6 is 0 Å². The zero-order valence-corrected chi connectivity index (χ0v) is 9.22. The highest BCUT2D eigenvalue weighted by Crippen LogP contribution is 2.81. The molecule has 0 heterocycles. The summed E-state index contributed by atoms with van der Waals surface area (Å²) >= 11 is 0. The van der Waals surface area contributed by atoms with Crippen molar-refractivity contribution >= 4 is 5.97 Å². The molecule has 0 radical (unpaired) electrons. The first-order valence-corrected chi connectivity index (χ1v) is 5.54. The van der Waals surface area contributed by atoms with Gasteiger partial charge in [-0.1, -0.05) is 13.8 Å². The third-order valence-corrected chi connectivity index (χ3v) is 5.64. The number of carbonyl (C=O) groups is 1. The van der Waals surface area contributed by atoms with E-state index >= 15 is 0 Å². The highest BCUT2D eigenvalue weighted by Gasteiger charge is 2.76. The number of carbonyl (C=O) groups excluding carboxylic acids is 1. The number of ether oxygens (including phenoxy) is 1. The summed E-state index contributed by atoms with van der Waals surface area (Å²) in [5, 5.41) is 0. The summed E-state index contributed by atoms with van der Waals surface area (Å²) in [6, 6.07) is 0. The van der Waals surface area contributed by atoms with Crippen LogP contribution in [0.15, 0.2) is 0 Å². The van der Waals surface area contributed by atoms with Crippen LogP contribution in [-0.2, 0) is 9.53 Å². The molecule has 78 valence electrons. The lowest BCUT2D eigenvalue weighted by Gasteiger charge is -2.33. The average Bonchev–Trinajstić information content (AvgIpc) is 2.66. The Hall–Kier alpha value is -0.530. The summed E-state index contributed by atoms with van der Waals surface area (Å²) in [6.45, 7) is 4.73. The van der Waals surface area contributed by atoms with E-state index in [2.05, 4.69) is 13.8 Å². The molecule has 4 aliphatic rings. The normalized spacial score (nSPS) is 58.4. The number of methoxy groups -OCH3 is 1. The van der Waals surface area contributed by atoms with Crippen LogP contribution in [0.25, 0.3) is 0 Å². The van der Waals surface area contributed by atoms with Crippen molar-refractivity contribution in [1.82, 2.24) is 0 Å². The van der Waals surface area contributed by atoms with E-state index in [0.717, 1.165) is 12.8 Å². The predicted octanol–water partition coefficient (Wildman–Crippen LogP) is 2.38. The first-order valence-electron chi connectivity index (χ1n) is 5.54. The third kappa shape index (κ3) is 0.636. The molecule has 0 spiro atoms. The van der Waals surface area contributed by atoms with Crippen LogP contribution in [0.1, 0.15) is 39.5 Å². The topological polar surface area (TPSA) is 26.3 Å². The fourth-order valence-corrected chi connectivity index (χ4v) is 4.87. The summed E-state index contributed by atoms with van der Waals surface area (Å²) < 4.78 is 5.00. The molecular formula is C12H18O2. The van der Waals surface area contributed by atoms with Crippen molar-refractivity contribution < 1.29 is 9.53 Å². The van der Waals surface area contributed by atoms with Crippen molar-refractivity contribution in [2.45, 2.75) is 39.5 Å². The van der Waals surface area contributed by atoms with Gasteiger partial charge in [0.15, 0.2) is 0 Å². The molecule has 2 heteroatoms. The molecule has 0 aromatic rings. The van der Waals surface area contributed by atoms with E-state index in [0.29, 0.717) is 16.7 Å². The molecule has 0 aromatic heterocycles. The first-order chi connectivity index (χ1) is 6.46. The quantitative estimate of drug-likeness (QED) is 0.599. The highest BCUT2D eigenvalue weighted by atomic mass is 16.5. The monoisotopic (exact) mass is 194 g/mol. The van der Waals surface area contributed by atoms with Crippen molar-refractivity contribution in [1.29, 1.82) is 0 Å². The number of esters is 1. The van der Waals surface area contributed by atoms with Crippen LogP contribution in [0.5, 0.6) is 0 Å². The maximum atomic E-state index is 11.9. The molecule has 0 saturated heterocycles.